The van der Waals surface area contributed by atoms with Gasteiger partial charge < -0.3 is 96.6 Å². The number of nitriles is 2. The second-order valence-electron chi connectivity index (χ2n) is 25.2. The van der Waals surface area contributed by atoms with Crippen LogP contribution in [0.3, 0.4) is 0 Å². The third-order valence-electron chi connectivity index (χ3n) is 16.0. The molecule has 0 spiro atoms. The Bertz CT molecular complexity index is 2210. The van der Waals surface area contributed by atoms with Crippen LogP contribution in [-0.4, -0.2) is 347 Å². The predicted molar refractivity (Wildman–Crippen MR) is 425 cm³/mol. The number of unbranched alkanes of at least 4 members (excludes halogenated alkanes) is 17. The van der Waals surface area contributed by atoms with Crippen LogP contribution in [0.5, 0.6) is 0 Å². The molecule has 34 nitrogen and oxygen atoms in total. The van der Waals surface area contributed by atoms with Crippen LogP contribution in [0.15, 0.2) is 9.98 Å². The Labute approximate surface area is 681 Å². The average molecular weight is 1650 g/mol. The normalized spacial score (nSPS) is 11.1. The maximum atomic E-state index is 11.9. The number of carbonyl (C=O) groups is 5. The maximum Gasteiger partial charge on any atom is 0.307 e. The van der Waals surface area contributed by atoms with Gasteiger partial charge in [-0.25, -0.2) is 19.6 Å². The van der Waals surface area contributed by atoms with Crippen molar-refractivity contribution in [2.24, 2.45) is 9.98 Å². The molecular formula is C79H150FN7O27. The number of aliphatic hydroxyl groups is 5. The van der Waals surface area contributed by atoms with Crippen LogP contribution >= 0.6 is 0 Å². The van der Waals surface area contributed by atoms with Gasteiger partial charge in [-0.15, -0.1) is 0 Å². The molecule has 0 amide bonds. The molecular weight excluding hydrogens is 1500 g/mol. The van der Waals surface area contributed by atoms with E-state index in [-0.39, 0.29) is 81.7 Å². The highest BCUT2D eigenvalue weighted by Gasteiger charge is 2.15. The summed E-state index contributed by atoms with van der Waals surface area (Å²) >= 11 is 0. The van der Waals surface area contributed by atoms with Gasteiger partial charge in [0.15, 0.2) is 0 Å². The van der Waals surface area contributed by atoms with Crippen molar-refractivity contribution in [2.45, 2.75) is 212 Å². The van der Waals surface area contributed by atoms with E-state index >= 15 is 0 Å². The molecule has 114 heavy (non-hydrogen) atoms. The lowest BCUT2D eigenvalue weighted by Gasteiger charge is -2.22. The fourth-order valence-corrected chi connectivity index (χ4v) is 9.62. The minimum atomic E-state index is -1.00. The highest BCUT2D eigenvalue weighted by Crippen LogP contribution is 2.11. The Kier molecular flexibility index (Phi) is 107. The van der Waals surface area contributed by atoms with Gasteiger partial charge in [0.25, 0.3) is 12.5 Å². The number of rotatable bonds is 77. The fourth-order valence-electron chi connectivity index (χ4n) is 9.62. The van der Waals surface area contributed by atoms with E-state index in [9.17, 15) is 38.0 Å². The van der Waals surface area contributed by atoms with E-state index in [1.165, 1.54) is 6.08 Å². The van der Waals surface area contributed by atoms with E-state index in [0.717, 1.165) is 167 Å². The van der Waals surface area contributed by atoms with Crippen molar-refractivity contribution in [3.63, 3.8) is 0 Å². The first-order valence-electron chi connectivity index (χ1n) is 41.1. The number of hydrogen-bond donors (Lipinski definition) is 5. The van der Waals surface area contributed by atoms with Gasteiger partial charge in [0, 0.05) is 127 Å². The minimum absolute atomic E-state index is 0.0306. The number of hydrogen-bond acceptors (Lipinski definition) is 34. The van der Waals surface area contributed by atoms with Crippen LogP contribution in [0.2, 0.25) is 0 Å². The van der Waals surface area contributed by atoms with Crippen LogP contribution in [0, 0.1) is 23.0 Å². The zero-order valence-corrected chi connectivity index (χ0v) is 70.4. The van der Waals surface area contributed by atoms with E-state index in [1.54, 1.807) is 54.0 Å². The van der Waals surface area contributed by atoms with E-state index in [4.69, 9.17) is 99.0 Å². The number of halogens is 1. The Morgan fingerprint density at radius 3 is 0.912 bits per heavy atom. The summed E-state index contributed by atoms with van der Waals surface area (Å²) in [7, 11) is 5.32. The van der Waals surface area contributed by atoms with E-state index < -0.39 is 13.3 Å². The van der Waals surface area contributed by atoms with Crippen molar-refractivity contribution in [1.82, 2.24) is 14.7 Å². The largest absolute Gasteiger partial charge is 0.466 e. The summed E-state index contributed by atoms with van der Waals surface area (Å²) in [6, 6.07) is 0. The number of methoxy groups -OCH3 is 4. The van der Waals surface area contributed by atoms with Gasteiger partial charge in [-0.1, -0.05) is 64.2 Å². The lowest BCUT2D eigenvalue weighted by molar-refractivity contribution is -0.149. The zero-order chi connectivity index (χ0) is 86.6. The lowest BCUT2D eigenvalue weighted by atomic mass is 10.1. The molecule has 0 aromatic rings. The molecule has 0 fully saturated rings. The molecule has 0 aromatic carbocycles. The third-order valence-corrected chi connectivity index (χ3v) is 16.0. The van der Waals surface area contributed by atoms with Crippen molar-refractivity contribution in [1.29, 1.82) is 10.5 Å². The van der Waals surface area contributed by atoms with Crippen molar-refractivity contribution in [3.8, 4) is 12.5 Å². The van der Waals surface area contributed by atoms with Crippen molar-refractivity contribution < 1.29 is 136 Å². The highest BCUT2D eigenvalue weighted by atomic mass is 19.1. The highest BCUT2D eigenvalue weighted by molar-refractivity contribution is 5.70. The molecule has 0 rings (SSSR count). The molecule has 0 heterocycles. The van der Waals surface area contributed by atoms with Gasteiger partial charge in [0.05, 0.1) is 127 Å². The number of alkyl halides is 1. The van der Waals surface area contributed by atoms with Crippen molar-refractivity contribution in [2.75, 3.05) is 246 Å². The average Bonchev–Trinajstić information content (AvgIpc) is 0.985. The molecule has 0 radical (unpaired) electrons. The van der Waals surface area contributed by atoms with Gasteiger partial charge in [-0.2, -0.15) is 10.5 Å². The summed E-state index contributed by atoms with van der Waals surface area (Å²) in [6.45, 7) is 20.0. The number of nitrogens with zero attached hydrogens (tertiary/aromatic N) is 7. The van der Waals surface area contributed by atoms with E-state index in [1.807, 2.05) is 18.7 Å². The van der Waals surface area contributed by atoms with Crippen LogP contribution < -0.4 is 0 Å². The monoisotopic (exact) mass is 1650 g/mol. The second-order valence-corrected chi connectivity index (χ2v) is 25.2. The fraction of sp³-hybridized carbons (Fsp3) is 0.886. The maximum absolute atomic E-state index is 11.9. The molecule has 0 aliphatic carbocycles. The van der Waals surface area contributed by atoms with Gasteiger partial charge in [0.2, 0.25) is 12.2 Å². The smallest absolute Gasteiger partial charge is 0.307 e. The summed E-state index contributed by atoms with van der Waals surface area (Å²) in [4.78, 5) is 91.0. The van der Waals surface area contributed by atoms with Crippen LogP contribution in [0.4, 0.5) is 4.39 Å². The van der Waals surface area contributed by atoms with Gasteiger partial charge in [0.1, 0.15) is 44.7 Å². The molecule has 0 aliphatic rings. The first-order chi connectivity index (χ1) is 56.0. The Morgan fingerprint density at radius 1 is 0.386 bits per heavy atom. The molecule has 35 heteroatoms. The number of aliphatic hydroxyl groups excluding tert-OH is 5. The van der Waals surface area contributed by atoms with Crippen molar-refractivity contribution >= 4 is 42.0 Å². The quantitative estimate of drug-likeness (QED) is 0.0101. The minimum Gasteiger partial charge on any atom is -0.466 e. The van der Waals surface area contributed by atoms with Crippen molar-refractivity contribution in [3.05, 3.63) is 0 Å². The molecule has 0 aliphatic heterocycles. The molecule has 5 N–H and O–H groups in total. The van der Waals surface area contributed by atoms with Gasteiger partial charge in [-0.05, 0) is 97.8 Å². The molecule has 2 unspecified atom stereocenters. The summed E-state index contributed by atoms with van der Waals surface area (Å²) in [5.41, 5.74) is 0. The Morgan fingerprint density at radius 2 is 0.658 bits per heavy atom. The zero-order valence-electron chi connectivity index (χ0n) is 71.4. The molecule has 0 saturated carbocycles. The topological polar surface area (TPSA) is 441 Å². The van der Waals surface area contributed by atoms with Gasteiger partial charge in [-0.3, -0.25) is 43.1 Å². The number of esters is 5. The lowest BCUT2D eigenvalue weighted by Crippen LogP contribution is -2.33. The number of ether oxygens (including phenoxy) is 15. The summed E-state index contributed by atoms with van der Waals surface area (Å²) in [6.07, 6.45) is 28.2. The number of aliphatic imine (C=N–C) groups is 2. The third kappa shape index (κ3) is 102. The summed E-state index contributed by atoms with van der Waals surface area (Å²) < 4.78 is 93.6. The summed E-state index contributed by atoms with van der Waals surface area (Å²) in [5, 5.41) is 57.7. The van der Waals surface area contributed by atoms with Crippen LogP contribution in [0.25, 0.3) is 0 Å². The van der Waals surface area contributed by atoms with Crippen LogP contribution in [0.1, 0.15) is 196 Å². The molecule has 2 atom stereocenters. The molecule has 670 valence electrons. The van der Waals surface area contributed by atoms with E-state index in [2.05, 4.69) is 29.3 Å². The van der Waals surface area contributed by atoms with Gasteiger partial charge >= 0.3 is 29.8 Å². The standard InChI is InChI=1S/C35H67NO12.C23H41N3O6.C9H19NO4.C8H12N2O2.C3H8O3.CH3F/c1-6-46-35(39)19-20-36(21-25-44-23-15-11-7-9-13-17-33(37)47-29-31(42-4)27-40-2)22-26-45-24-16-12-8-10-14-18-34(38)48-30-32(43-5)28-41-3;1-2-32-23(28)11-13-26(14-19-29-16-8-4-3-7-12-25-22-27)15-20-30-17-9-5-6-10-18-31-21-24;1-2-14-9(13)3-4-10(5-7-11)6-8-12;9-7-12-6-4-2-1-3-5-10-8-11;4-1-3(6)2-5;1-2/h31-32H,6-30H2,1-5H3;2-20H2,1H3;11-12H,2-8H2,1H3;1-6H2;3-6H,1-2H2;1H3/i;;;;;1D. The van der Waals surface area contributed by atoms with Crippen LogP contribution in [-0.2, 0) is 105 Å². The summed E-state index contributed by atoms with van der Waals surface area (Å²) in [5.74, 6) is -1.02. The number of isocyanates is 2. The first kappa shape index (κ1) is 117. The Hall–Kier alpha value is -6.02. The SMILES string of the molecule is CCOC(=O)CCN(CCO)CCO.CCOC(=O)CCN(CCOCCCCCCCC(=O)OCC(COC)OC)CCOCCCCCCCC(=O)OCC(COC)OC.CCOC(=O)CCN(CCOCCCCCCN=C=O)CCOCCCCCCOC#N.N#COCCCCCCN=C=O.OCC(O)CO.[2H]CF. The second kappa shape index (κ2) is 105. The molecule has 0 bridgehead atoms. The first-order valence-corrected chi connectivity index (χ1v) is 40.4. The Balaban J connectivity index is -0.000000374. The molecule has 0 saturated heterocycles. The number of carbonyl (C=O) groups excluding carboxylic acids is 7. The molecule has 0 aromatic heterocycles. The predicted octanol–water partition coefficient (Wildman–Crippen LogP) is 7.12. The van der Waals surface area contributed by atoms with E-state index in [0.29, 0.717) is 177 Å².